The molecule has 0 heterocycles. The summed E-state index contributed by atoms with van der Waals surface area (Å²) in [7, 11) is -3.09. The molecule has 0 fully saturated rings. The summed E-state index contributed by atoms with van der Waals surface area (Å²) in [6.45, 7) is 3.40. The third-order valence-electron chi connectivity index (χ3n) is 3.49. The summed E-state index contributed by atoms with van der Waals surface area (Å²) < 4.78 is 22.3. The van der Waals surface area contributed by atoms with Crippen molar-refractivity contribution in [1.82, 2.24) is 5.32 Å². The maximum absolute atomic E-state index is 12.4. The van der Waals surface area contributed by atoms with E-state index in [2.05, 4.69) is 5.32 Å². The van der Waals surface area contributed by atoms with Crippen LogP contribution in [-0.2, 0) is 20.2 Å². The van der Waals surface area contributed by atoms with Crippen molar-refractivity contribution in [2.45, 2.75) is 38.3 Å². The zero-order valence-corrected chi connectivity index (χ0v) is 14.5. The molecular weight excluding hydrogens is 326 g/mol. The van der Waals surface area contributed by atoms with E-state index < -0.39 is 21.3 Å². The van der Waals surface area contributed by atoms with Gasteiger partial charge in [-0.2, -0.15) is 0 Å². The highest BCUT2D eigenvalue weighted by molar-refractivity contribution is 7.90. The molecule has 0 saturated heterocycles. The van der Waals surface area contributed by atoms with E-state index in [1.54, 1.807) is 38.1 Å². The van der Waals surface area contributed by atoms with Gasteiger partial charge in [0.05, 0.1) is 5.75 Å². The molecule has 22 heavy (non-hydrogen) atoms. The Hall–Kier alpha value is -1.11. The first kappa shape index (κ1) is 18.9. The predicted molar refractivity (Wildman–Crippen MR) is 87.6 cm³/mol. The van der Waals surface area contributed by atoms with Crippen LogP contribution in [0.4, 0.5) is 0 Å². The van der Waals surface area contributed by atoms with E-state index in [9.17, 15) is 18.3 Å². The highest BCUT2D eigenvalue weighted by Gasteiger charge is 2.36. The van der Waals surface area contributed by atoms with Crippen LogP contribution >= 0.6 is 11.6 Å². The fraction of sp³-hybridized carbons (Fsp3) is 0.533. The van der Waals surface area contributed by atoms with Crippen molar-refractivity contribution in [3.05, 3.63) is 34.9 Å². The Morgan fingerprint density at radius 2 is 2.09 bits per heavy atom. The van der Waals surface area contributed by atoms with Crippen LogP contribution in [0.5, 0.6) is 0 Å². The molecule has 2 atom stereocenters. The van der Waals surface area contributed by atoms with E-state index in [0.717, 1.165) is 6.26 Å². The molecule has 0 bridgehead atoms. The zero-order valence-electron chi connectivity index (χ0n) is 13.0. The van der Waals surface area contributed by atoms with Gasteiger partial charge >= 0.3 is 0 Å². The molecule has 2 N–H and O–H groups in total. The van der Waals surface area contributed by atoms with E-state index in [1.165, 1.54) is 0 Å². The van der Waals surface area contributed by atoms with E-state index in [0.29, 0.717) is 17.0 Å². The SMILES string of the molecule is CCC(O)(C(=O)NC(C)CCS(C)(=O)=O)c1cccc(Cl)c1. The van der Waals surface area contributed by atoms with Crippen molar-refractivity contribution in [2.75, 3.05) is 12.0 Å². The topological polar surface area (TPSA) is 83.5 Å². The third kappa shape index (κ3) is 5.26. The maximum atomic E-state index is 12.4. The van der Waals surface area contributed by atoms with Gasteiger partial charge in [-0.05, 0) is 37.5 Å². The van der Waals surface area contributed by atoms with Gasteiger partial charge in [-0.1, -0.05) is 30.7 Å². The molecule has 0 aromatic heterocycles. The van der Waals surface area contributed by atoms with Crippen LogP contribution in [0.1, 0.15) is 32.3 Å². The van der Waals surface area contributed by atoms with Crippen molar-refractivity contribution in [1.29, 1.82) is 0 Å². The first-order valence-corrected chi connectivity index (χ1v) is 9.49. The Labute approximate surface area is 136 Å². The molecule has 5 nitrogen and oxygen atoms in total. The molecule has 0 aliphatic rings. The average molecular weight is 348 g/mol. The monoisotopic (exact) mass is 347 g/mol. The van der Waals surface area contributed by atoms with Crippen molar-refractivity contribution >= 4 is 27.3 Å². The minimum atomic E-state index is -3.09. The van der Waals surface area contributed by atoms with Gasteiger partial charge in [0.2, 0.25) is 0 Å². The van der Waals surface area contributed by atoms with Gasteiger partial charge in [0, 0.05) is 17.3 Å². The van der Waals surface area contributed by atoms with E-state index in [1.807, 2.05) is 0 Å². The number of halogens is 1. The summed E-state index contributed by atoms with van der Waals surface area (Å²) in [4.78, 5) is 12.4. The zero-order chi connectivity index (χ0) is 17.0. The first-order chi connectivity index (χ1) is 10.1. The van der Waals surface area contributed by atoms with Crippen molar-refractivity contribution in [3.63, 3.8) is 0 Å². The lowest BCUT2D eigenvalue weighted by atomic mass is 9.90. The van der Waals surface area contributed by atoms with Gasteiger partial charge in [0.15, 0.2) is 5.60 Å². The lowest BCUT2D eigenvalue weighted by Gasteiger charge is -2.28. The minimum absolute atomic E-state index is 0.0177. The van der Waals surface area contributed by atoms with Gasteiger partial charge in [-0.25, -0.2) is 8.42 Å². The average Bonchev–Trinajstić information content (AvgIpc) is 2.43. The normalized spacial score (nSPS) is 15.9. The number of hydrogen-bond donors (Lipinski definition) is 2. The molecule has 0 aliphatic heterocycles. The number of rotatable bonds is 7. The highest BCUT2D eigenvalue weighted by atomic mass is 35.5. The fourth-order valence-electron chi connectivity index (χ4n) is 2.05. The van der Waals surface area contributed by atoms with Gasteiger partial charge in [-0.15, -0.1) is 0 Å². The highest BCUT2D eigenvalue weighted by Crippen LogP contribution is 2.27. The predicted octanol–water partition coefficient (Wildman–Crippen LogP) is 1.88. The Morgan fingerprint density at radius 1 is 1.45 bits per heavy atom. The second-order valence-electron chi connectivity index (χ2n) is 5.52. The minimum Gasteiger partial charge on any atom is -0.375 e. The number of amides is 1. The van der Waals surface area contributed by atoms with Crippen LogP contribution in [0.2, 0.25) is 5.02 Å². The number of carbonyl (C=O) groups excluding carboxylic acids is 1. The first-order valence-electron chi connectivity index (χ1n) is 7.05. The number of nitrogens with one attached hydrogen (secondary N) is 1. The molecule has 1 rings (SSSR count). The summed E-state index contributed by atoms with van der Waals surface area (Å²) in [5.74, 6) is -0.575. The number of sulfone groups is 1. The molecule has 7 heteroatoms. The standard InChI is InChI=1S/C15H22ClNO4S/c1-4-15(19,12-6-5-7-13(16)10-12)14(18)17-11(2)8-9-22(3,20)21/h5-7,10-11,19H,4,8-9H2,1-3H3,(H,17,18). The van der Waals surface area contributed by atoms with Crippen LogP contribution in [-0.4, -0.2) is 37.5 Å². The molecule has 1 aromatic carbocycles. The summed E-state index contributed by atoms with van der Waals surface area (Å²) in [5, 5.41) is 13.8. The van der Waals surface area contributed by atoms with Gasteiger partial charge in [0.25, 0.3) is 5.91 Å². The molecule has 2 unspecified atom stereocenters. The second kappa shape index (κ2) is 7.44. The van der Waals surface area contributed by atoms with Crippen molar-refractivity contribution < 1.29 is 18.3 Å². The van der Waals surface area contributed by atoms with Crippen molar-refractivity contribution in [3.8, 4) is 0 Å². The smallest absolute Gasteiger partial charge is 0.256 e. The van der Waals surface area contributed by atoms with Crippen molar-refractivity contribution in [2.24, 2.45) is 0 Å². The van der Waals surface area contributed by atoms with Gasteiger partial charge in [-0.3, -0.25) is 4.79 Å². The van der Waals surface area contributed by atoms with Crippen LogP contribution in [0.25, 0.3) is 0 Å². The molecule has 0 aliphatic carbocycles. The Balaban J connectivity index is 2.84. The second-order valence-corrected chi connectivity index (χ2v) is 8.21. The number of aliphatic hydroxyl groups is 1. The van der Waals surface area contributed by atoms with E-state index in [4.69, 9.17) is 11.6 Å². The molecule has 0 radical (unpaired) electrons. The largest absolute Gasteiger partial charge is 0.375 e. The molecule has 0 spiro atoms. The Morgan fingerprint density at radius 3 is 2.59 bits per heavy atom. The molecular formula is C15H22ClNO4S. The number of benzene rings is 1. The van der Waals surface area contributed by atoms with E-state index in [-0.39, 0.29) is 18.2 Å². The molecule has 1 aromatic rings. The Kier molecular flexibility index (Phi) is 6.40. The van der Waals surface area contributed by atoms with Crippen LogP contribution < -0.4 is 5.32 Å². The van der Waals surface area contributed by atoms with Gasteiger partial charge < -0.3 is 10.4 Å². The summed E-state index contributed by atoms with van der Waals surface area (Å²) in [6.07, 6.45) is 1.62. The molecule has 124 valence electrons. The lowest BCUT2D eigenvalue weighted by molar-refractivity contribution is -0.142. The summed E-state index contributed by atoms with van der Waals surface area (Å²) >= 11 is 5.91. The van der Waals surface area contributed by atoms with Crippen LogP contribution in [0, 0.1) is 0 Å². The summed E-state index contributed by atoms with van der Waals surface area (Å²) in [5.41, 5.74) is -1.28. The van der Waals surface area contributed by atoms with Crippen LogP contribution in [0.3, 0.4) is 0 Å². The number of carbonyl (C=O) groups is 1. The Bertz CT molecular complexity index is 632. The van der Waals surface area contributed by atoms with Gasteiger partial charge in [0.1, 0.15) is 9.84 Å². The van der Waals surface area contributed by atoms with E-state index >= 15 is 0 Å². The quantitative estimate of drug-likeness (QED) is 0.788. The van der Waals surface area contributed by atoms with Crippen LogP contribution in [0.15, 0.2) is 24.3 Å². The maximum Gasteiger partial charge on any atom is 0.256 e. The lowest BCUT2D eigenvalue weighted by Crippen LogP contribution is -2.47. The third-order valence-corrected chi connectivity index (χ3v) is 4.70. The molecule has 1 amide bonds. The molecule has 0 saturated carbocycles. The summed E-state index contributed by atoms with van der Waals surface area (Å²) in [6, 6.07) is 6.15. The fourth-order valence-corrected chi connectivity index (χ4v) is 3.02. The number of hydrogen-bond acceptors (Lipinski definition) is 4.